The Labute approximate surface area is 221 Å². The molecule has 0 unspecified atom stereocenters. The Morgan fingerprint density at radius 1 is 1.16 bits per heavy atom. The van der Waals surface area contributed by atoms with Gasteiger partial charge >= 0.3 is 0 Å². The van der Waals surface area contributed by atoms with Crippen LogP contribution in [0.5, 0.6) is 0 Å². The summed E-state index contributed by atoms with van der Waals surface area (Å²) in [6.45, 7) is 8.44. The molecule has 0 aliphatic carbocycles. The van der Waals surface area contributed by atoms with Gasteiger partial charge in [-0.25, -0.2) is 22.9 Å². The fraction of sp³-hybridized carbons (Fsp3) is 0.360. The van der Waals surface area contributed by atoms with Crippen molar-refractivity contribution >= 4 is 38.7 Å². The molecule has 0 saturated heterocycles. The van der Waals surface area contributed by atoms with Gasteiger partial charge in [0.25, 0.3) is 5.91 Å². The van der Waals surface area contributed by atoms with Crippen LogP contribution < -0.4 is 9.62 Å². The molecule has 0 bridgehead atoms. The van der Waals surface area contributed by atoms with E-state index in [1.54, 1.807) is 28.1 Å². The number of nitrogens with zero attached hydrogens (tertiary/aromatic N) is 6. The second-order valence-corrected chi connectivity index (χ2v) is 11.7. The average molecular weight is 542 g/mol. The molecule has 0 radical (unpaired) electrons. The highest BCUT2D eigenvalue weighted by Crippen LogP contribution is 2.29. The maximum absolute atomic E-state index is 13.2. The normalized spacial score (nSPS) is 12.7. The molecule has 37 heavy (non-hydrogen) atoms. The monoisotopic (exact) mass is 541 g/mol. The van der Waals surface area contributed by atoms with E-state index in [-0.39, 0.29) is 17.8 Å². The fourth-order valence-corrected chi connectivity index (χ4v) is 5.17. The van der Waals surface area contributed by atoms with Crippen molar-refractivity contribution in [2.24, 2.45) is 0 Å². The molecule has 1 N–H and O–H groups in total. The van der Waals surface area contributed by atoms with E-state index in [2.05, 4.69) is 41.1 Å². The van der Waals surface area contributed by atoms with E-state index >= 15 is 0 Å². The summed E-state index contributed by atoms with van der Waals surface area (Å²) in [5, 5.41) is 9.35. The molecule has 0 aliphatic heterocycles. The molecule has 4 aromatic rings. The van der Waals surface area contributed by atoms with Crippen LogP contribution in [0.3, 0.4) is 0 Å². The number of hydrogen-bond acceptors (Lipinski definition) is 8. The van der Waals surface area contributed by atoms with Crippen molar-refractivity contribution in [2.45, 2.75) is 26.8 Å². The molecule has 4 rings (SSSR count). The summed E-state index contributed by atoms with van der Waals surface area (Å²) in [5.41, 5.74) is 2.64. The molecule has 1 atom stereocenters. The number of aromatic nitrogens is 4. The maximum atomic E-state index is 13.2. The van der Waals surface area contributed by atoms with Crippen molar-refractivity contribution in [3.8, 4) is 21.8 Å². The highest BCUT2D eigenvalue weighted by molar-refractivity contribution is 7.92. The van der Waals surface area contributed by atoms with Gasteiger partial charge in [0, 0.05) is 31.4 Å². The van der Waals surface area contributed by atoms with Gasteiger partial charge in [0.1, 0.15) is 5.82 Å². The maximum Gasteiger partial charge on any atom is 0.251 e. The van der Waals surface area contributed by atoms with Crippen LogP contribution in [0.2, 0.25) is 0 Å². The number of sulfonamides is 1. The first-order valence-corrected chi connectivity index (χ1v) is 14.7. The first-order valence-electron chi connectivity index (χ1n) is 12.0. The minimum absolute atomic E-state index is 0.135. The third kappa shape index (κ3) is 5.81. The standard InChI is InChI=1S/C25H31N7O3S2/c1-6-31(7-2)17(3)15-26-25(33)18-13-21(28-23(14-18)30(4)37(5,34)35)19-16-27-32-11-10-20(29-24(19)32)22-9-8-12-36-22/h8-14,16-17H,6-7,15H2,1-5H3,(H,26,33)/t17-/m0/s1. The lowest BCUT2D eigenvalue weighted by molar-refractivity contribution is 0.0938. The number of fused-ring (bicyclic) bond motifs is 1. The first kappa shape index (κ1) is 26.7. The molecule has 196 valence electrons. The minimum atomic E-state index is -3.61. The van der Waals surface area contributed by atoms with Crippen LogP contribution in [0.25, 0.3) is 27.5 Å². The zero-order valence-corrected chi connectivity index (χ0v) is 23.2. The number of thiophene rings is 1. The first-order chi connectivity index (χ1) is 17.6. The van der Waals surface area contributed by atoms with Crippen LogP contribution in [0.15, 0.2) is 48.1 Å². The van der Waals surface area contributed by atoms with Gasteiger partial charge in [-0.15, -0.1) is 11.3 Å². The molecule has 10 nitrogen and oxygen atoms in total. The van der Waals surface area contributed by atoms with E-state index < -0.39 is 10.0 Å². The van der Waals surface area contributed by atoms with E-state index in [9.17, 15) is 13.2 Å². The van der Waals surface area contributed by atoms with Gasteiger partial charge < -0.3 is 5.32 Å². The Balaban J connectivity index is 1.76. The Morgan fingerprint density at radius 3 is 2.57 bits per heavy atom. The zero-order valence-electron chi connectivity index (χ0n) is 21.5. The number of carbonyl (C=O) groups excluding carboxylic acids is 1. The van der Waals surface area contributed by atoms with Crippen LogP contribution in [0.1, 0.15) is 31.1 Å². The van der Waals surface area contributed by atoms with Crippen molar-refractivity contribution in [3.63, 3.8) is 0 Å². The number of rotatable bonds is 10. The molecule has 1 amide bonds. The number of carbonyl (C=O) groups is 1. The predicted molar refractivity (Wildman–Crippen MR) is 147 cm³/mol. The highest BCUT2D eigenvalue weighted by Gasteiger charge is 2.21. The Kier molecular flexibility index (Phi) is 7.90. The van der Waals surface area contributed by atoms with Gasteiger partial charge in [0.15, 0.2) is 5.65 Å². The molecular formula is C25H31N7O3S2. The second-order valence-electron chi connectivity index (χ2n) is 8.73. The summed E-state index contributed by atoms with van der Waals surface area (Å²) in [6, 6.07) is 9.11. The summed E-state index contributed by atoms with van der Waals surface area (Å²) in [6.07, 6.45) is 4.53. The number of pyridine rings is 1. The van der Waals surface area contributed by atoms with Crippen LogP contribution in [-0.2, 0) is 10.0 Å². The molecule has 0 fully saturated rings. The van der Waals surface area contributed by atoms with Crippen molar-refractivity contribution in [3.05, 3.63) is 53.7 Å². The number of hydrogen-bond donors (Lipinski definition) is 1. The van der Waals surface area contributed by atoms with Gasteiger partial charge in [-0.05, 0) is 49.7 Å². The Bertz CT molecular complexity index is 1500. The zero-order chi connectivity index (χ0) is 26.7. The topological polar surface area (TPSA) is 113 Å². The van der Waals surface area contributed by atoms with Crippen LogP contribution in [0, 0.1) is 0 Å². The van der Waals surface area contributed by atoms with Gasteiger partial charge in [-0.3, -0.25) is 14.0 Å². The largest absolute Gasteiger partial charge is 0.350 e. The molecule has 0 saturated carbocycles. The van der Waals surface area contributed by atoms with Crippen molar-refractivity contribution < 1.29 is 13.2 Å². The molecule has 12 heteroatoms. The van der Waals surface area contributed by atoms with Crippen molar-refractivity contribution in [1.82, 2.24) is 29.8 Å². The number of amides is 1. The minimum Gasteiger partial charge on any atom is -0.350 e. The van der Waals surface area contributed by atoms with Crippen molar-refractivity contribution in [2.75, 3.05) is 37.2 Å². The number of anilines is 1. The third-order valence-electron chi connectivity index (χ3n) is 6.31. The number of likely N-dealkylation sites (N-methyl/N-ethyl adjacent to an activating group) is 1. The summed E-state index contributed by atoms with van der Waals surface area (Å²) in [7, 11) is -2.20. The predicted octanol–water partition coefficient (Wildman–Crippen LogP) is 3.38. The summed E-state index contributed by atoms with van der Waals surface area (Å²) < 4.78 is 27.3. The molecule has 0 spiro atoms. The van der Waals surface area contributed by atoms with E-state index in [0.29, 0.717) is 29.0 Å². The van der Waals surface area contributed by atoms with E-state index in [1.807, 2.05) is 29.8 Å². The van der Waals surface area contributed by atoms with Crippen LogP contribution in [0.4, 0.5) is 5.82 Å². The SMILES string of the molecule is CCN(CC)[C@@H](C)CNC(=O)c1cc(-c2cnn3ccc(-c4cccs4)nc23)nc(N(C)S(C)(=O)=O)c1. The molecule has 0 aromatic carbocycles. The lowest BCUT2D eigenvalue weighted by Crippen LogP contribution is -2.42. The lowest BCUT2D eigenvalue weighted by atomic mass is 10.1. The summed E-state index contributed by atoms with van der Waals surface area (Å²) >= 11 is 1.58. The lowest BCUT2D eigenvalue weighted by Gasteiger charge is -2.26. The van der Waals surface area contributed by atoms with E-state index in [4.69, 9.17) is 4.98 Å². The van der Waals surface area contributed by atoms with Gasteiger partial charge in [-0.2, -0.15) is 5.10 Å². The average Bonchev–Trinajstić information content (AvgIpc) is 3.56. The Hall–Kier alpha value is -3.35. The molecule has 4 heterocycles. The molecular weight excluding hydrogens is 510 g/mol. The van der Waals surface area contributed by atoms with Gasteiger partial charge in [-0.1, -0.05) is 19.9 Å². The smallest absolute Gasteiger partial charge is 0.251 e. The molecule has 4 aromatic heterocycles. The highest BCUT2D eigenvalue weighted by atomic mass is 32.2. The van der Waals surface area contributed by atoms with Crippen LogP contribution in [-0.4, -0.2) is 77.8 Å². The quantitative estimate of drug-likeness (QED) is 0.328. The van der Waals surface area contributed by atoms with E-state index in [1.165, 1.54) is 13.1 Å². The van der Waals surface area contributed by atoms with E-state index in [0.717, 1.165) is 34.2 Å². The Morgan fingerprint density at radius 2 is 1.92 bits per heavy atom. The van der Waals surface area contributed by atoms with Crippen LogP contribution >= 0.6 is 11.3 Å². The van der Waals surface area contributed by atoms with Crippen molar-refractivity contribution in [1.29, 1.82) is 0 Å². The summed E-state index contributed by atoms with van der Waals surface area (Å²) in [5.74, 6) is -0.176. The molecule has 0 aliphatic rings. The third-order valence-corrected chi connectivity index (χ3v) is 8.38. The number of nitrogens with one attached hydrogen (secondary N) is 1. The van der Waals surface area contributed by atoms with Gasteiger partial charge in [0.2, 0.25) is 10.0 Å². The summed E-state index contributed by atoms with van der Waals surface area (Å²) in [4.78, 5) is 25.8. The fourth-order valence-electron chi connectivity index (χ4n) is 4.05. The second kappa shape index (κ2) is 11.0. The van der Waals surface area contributed by atoms with Gasteiger partial charge in [0.05, 0.1) is 34.3 Å².